The van der Waals surface area contributed by atoms with Gasteiger partial charge in [0.1, 0.15) is 5.75 Å². The Morgan fingerprint density at radius 1 is 1.09 bits per heavy atom. The van der Waals surface area contributed by atoms with Crippen LogP contribution >= 0.6 is 11.8 Å². The topological polar surface area (TPSA) is 45.7 Å². The summed E-state index contributed by atoms with van der Waals surface area (Å²) in [6, 6.07) is 8.27. The molecule has 5 heteroatoms. The summed E-state index contributed by atoms with van der Waals surface area (Å²) in [5.41, 5.74) is 1.34. The molecule has 0 aliphatic rings. The third-order valence-corrected chi connectivity index (χ3v) is 4.08. The van der Waals surface area contributed by atoms with Crippen molar-refractivity contribution in [3.05, 3.63) is 29.8 Å². The second-order valence-corrected chi connectivity index (χ2v) is 6.06. The van der Waals surface area contributed by atoms with E-state index in [-0.39, 0.29) is 0 Å². The molecule has 0 unspecified atom stereocenters. The summed E-state index contributed by atoms with van der Waals surface area (Å²) >= 11 is 1.90. The zero-order valence-corrected chi connectivity index (χ0v) is 14.8. The summed E-state index contributed by atoms with van der Waals surface area (Å²) in [4.78, 5) is 4.25. The Morgan fingerprint density at radius 2 is 1.77 bits per heavy atom. The van der Waals surface area contributed by atoms with Gasteiger partial charge in [0.2, 0.25) is 0 Å². The van der Waals surface area contributed by atoms with Gasteiger partial charge in [0.05, 0.1) is 7.11 Å². The van der Waals surface area contributed by atoms with Gasteiger partial charge in [0.25, 0.3) is 0 Å². The molecule has 0 aliphatic heterocycles. The van der Waals surface area contributed by atoms with Crippen molar-refractivity contribution in [2.45, 2.75) is 25.7 Å². The van der Waals surface area contributed by atoms with Gasteiger partial charge >= 0.3 is 0 Å². The van der Waals surface area contributed by atoms with Gasteiger partial charge in [-0.05, 0) is 55.4 Å². The molecule has 1 aromatic rings. The van der Waals surface area contributed by atoms with Crippen LogP contribution in [-0.4, -0.2) is 45.2 Å². The van der Waals surface area contributed by atoms with E-state index < -0.39 is 0 Å². The van der Waals surface area contributed by atoms with Crippen molar-refractivity contribution in [1.29, 1.82) is 0 Å². The number of nitrogens with one attached hydrogen (secondary N) is 2. The smallest absolute Gasteiger partial charge is 0.190 e. The van der Waals surface area contributed by atoms with E-state index in [9.17, 15) is 0 Å². The zero-order valence-electron chi connectivity index (χ0n) is 14.0. The normalized spacial score (nSPS) is 11.3. The molecule has 0 radical (unpaired) electrons. The predicted octanol–water partition coefficient (Wildman–Crippen LogP) is 2.94. The number of thioether (sulfide) groups is 1. The summed E-state index contributed by atoms with van der Waals surface area (Å²) in [6.45, 7) is 1.91. The first kappa shape index (κ1) is 18.7. The molecular weight excluding hydrogens is 294 g/mol. The molecule has 0 fully saturated rings. The number of guanidine groups is 1. The molecule has 0 aliphatic carbocycles. The average Bonchev–Trinajstić information content (AvgIpc) is 2.57. The number of aryl methyl sites for hydroxylation is 1. The van der Waals surface area contributed by atoms with E-state index in [1.165, 1.54) is 24.2 Å². The summed E-state index contributed by atoms with van der Waals surface area (Å²) in [5.74, 6) is 3.04. The fourth-order valence-electron chi connectivity index (χ4n) is 2.09. The zero-order chi connectivity index (χ0) is 16.0. The van der Waals surface area contributed by atoms with Crippen LogP contribution in [-0.2, 0) is 6.42 Å². The number of rotatable bonds is 10. The first-order valence-electron chi connectivity index (χ1n) is 7.86. The Hall–Kier alpha value is -1.36. The Bertz CT molecular complexity index is 420. The molecule has 1 aromatic carbocycles. The van der Waals surface area contributed by atoms with Crippen LogP contribution in [0.25, 0.3) is 0 Å². The van der Waals surface area contributed by atoms with Crippen LogP contribution < -0.4 is 15.4 Å². The fraction of sp³-hybridized carbons (Fsp3) is 0.588. The third kappa shape index (κ3) is 8.17. The van der Waals surface area contributed by atoms with E-state index in [1.54, 1.807) is 7.11 Å². The van der Waals surface area contributed by atoms with Gasteiger partial charge in [-0.25, -0.2) is 0 Å². The molecule has 0 heterocycles. The maximum atomic E-state index is 5.17. The van der Waals surface area contributed by atoms with Gasteiger partial charge in [0, 0.05) is 20.1 Å². The number of hydrogen-bond acceptors (Lipinski definition) is 3. The van der Waals surface area contributed by atoms with Crippen LogP contribution in [0.2, 0.25) is 0 Å². The molecule has 0 spiro atoms. The van der Waals surface area contributed by atoms with E-state index in [1.807, 2.05) is 30.9 Å². The quantitative estimate of drug-likeness (QED) is 0.395. The van der Waals surface area contributed by atoms with Gasteiger partial charge in [-0.1, -0.05) is 12.1 Å². The molecule has 0 saturated carbocycles. The van der Waals surface area contributed by atoms with Crippen molar-refractivity contribution >= 4 is 17.7 Å². The SMILES string of the molecule is CN=C(NCCCCSC)NCCCc1ccc(OC)cc1. The minimum atomic E-state index is 0.902. The van der Waals surface area contributed by atoms with Crippen LogP contribution in [0.4, 0.5) is 0 Å². The molecule has 0 aromatic heterocycles. The molecule has 22 heavy (non-hydrogen) atoms. The fourth-order valence-corrected chi connectivity index (χ4v) is 2.58. The number of hydrogen-bond donors (Lipinski definition) is 2. The van der Waals surface area contributed by atoms with Crippen molar-refractivity contribution < 1.29 is 4.74 Å². The van der Waals surface area contributed by atoms with Crippen LogP contribution in [0.5, 0.6) is 5.75 Å². The standard InChI is InChI=1S/C17H29N3OS/c1-18-17(19-12-4-5-14-22-3)20-13-6-7-15-8-10-16(21-2)11-9-15/h8-11H,4-7,12-14H2,1-3H3,(H2,18,19,20). The Kier molecular flexibility index (Phi) is 10.4. The summed E-state index contributed by atoms with van der Waals surface area (Å²) in [5, 5.41) is 6.72. The molecule has 0 atom stereocenters. The first-order valence-corrected chi connectivity index (χ1v) is 9.26. The lowest BCUT2D eigenvalue weighted by atomic mass is 10.1. The largest absolute Gasteiger partial charge is 0.497 e. The molecular formula is C17H29N3OS. The van der Waals surface area contributed by atoms with E-state index in [4.69, 9.17) is 4.74 Å². The van der Waals surface area contributed by atoms with E-state index in [2.05, 4.69) is 34.0 Å². The van der Waals surface area contributed by atoms with Gasteiger partial charge in [0.15, 0.2) is 5.96 Å². The number of unbranched alkanes of at least 4 members (excludes halogenated alkanes) is 1. The highest BCUT2D eigenvalue weighted by molar-refractivity contribution is 7.98. The minimum Gasteiger partial charge on any atom is -0.497 e. The molecule has 2 N–H and O–H groups in total. The molecule has 1 rings (SSSR count). The summed E-state index contributed by atoms with van der Waals surface area (Å²) in [6.07, 6.45) is 6.73. The predicted molar refractivity (Wildman–Crippen MR) is 98.3 cm³/mol. The summed E-state index contributed by atoms with van der Waals surface area (Å²) < 4.78 is 5.17. The lowest BCUT2D eigenvalue weighted by Crippen LogP contribution is -2.38. The third-order valence-electron chi connectivity index (χ3n) is 3.39. The minimum absolute atomic E-state index is 0.902. The Balaban J connectivity index is 2.13. The lowest BCUT2D eigenvalue weighted by molar-refractivity contribution is 0.414. The van der Waals surface area contributed by atoms with Gasteiger partial charge < -0.3 is 15.4 Å². The molecule has 0 saturated heterocycles. The Labute approximate surface area is 139 Å². The van der Waals surface area contributed by atoms with Crippen LogP contribution in [0.3, 0.4) is 0 Å². The highest BCUT2D eigenvalue weighted by atomic mass is 32.2. The van der Waals surface area contributed by atoms with Crippen molar-refractivity contribution in [3.63, 3.8) is 0 Å². The van der Waals surface area contributed by atoms with Crippen molar-refractivity contribution in [2.24, 2.45) is 4.99 Å². The van der Waals surface area contributed by atoms with Gasteiger partial charge in [-0.3, -0.25) is 4.99 Å². The van der Waals surface area contributed by atoms with Gasteiger partial charge in [-0.15, -0.1) is 0 Å². The highest BCUT2D eigenvalue weighted by Gasteiger charge is 1.98. The number of nitrogens with zero attached hydrogens (tertiary/aromatic N) is 1. The van der Waals surface area contributed by atoms with Crippen molar-refractivity contribution in [2.75, 3.05) is 39.3 Å². The maximum absolute atomic E-state index is 5.17. The monoisotopic (exact) mass is 323 g/mol. The average molecular weight is 324 g/mol. The first-order chi connectivity index (χ1) is 10.8. The van der Waals surface area contributed by atoms with E-state index in [0.29, 0.717) is 0 Å². The van der Waals surface area contributed by atoms with Gasteiger partial charge in [-0.2, -0.15) is 11.8 Å². The second kappa shape index (κ2) is 12.2. The number of methoxy groups -OCH3 is 1. The van der Waals surface area contributed by atoms with E-state index >= 15 is 0 Å². The maximum Gasteiger partial charge on any atom is 0.190 e. The van der Waals surface area contributed by atoms with Crippen LogP contribution in [0.1, 0.15) is 24.8 Å². The van der Waals surface area contributed by atoms with Crippen molar-refractivity contribution in [3.8, 4) is 5.75 Å². The molecule has 124 valence electrons. The number of benzene rings is 1. The molecule has 0 amide bonds. The molecule has 4 nitrogen and oxygen atoms in total. The second-order valence-electron chi connectivity index (χ2n) is 5.08. The Morgan fingerprint density at radius 3 is 2.36 bits per heavy atom. The van der Waals surface area contributed by atoms with Crippen molar-refractivity contribution in [1.82, 2.24) is 10.6 Å². The number of ether oxygens (including phenoxy) is 1. The number of aliphatic imine (C=N–C) groups is 1. The summed E-state index contributed by atoms with van der Waals surface area (Å²) in [7, 11) is 3.51. The van der Waals surface area contributed by atoms with Crippen LogP contribution in [0, 0.1) is 0 Å². The lowest BCUT2D eigenvalue weighted by Gasteiger charge is -2.11. The van der Waals surface area contributed by atoms with E-state index in [0.717, 1.165) is 37.6 Å². The van der Waals surface area contributed by atoms with Crippen LogP contribution in [0.15, 0.2) is 29.3 Å². The molecule has 0 bridgehead atoms. The highest BCUT2D eigenvalue weighted by Crippen LogP contribution is 2.12.